The average molecular weight is 305 g/mol. The molecule has 114 valence electrons. The molecule has 1 N–H and O–H groups in total. The van der Waals surface area contributed by atoms with E-state index in [-0.39, 0.29) is 5.91 Å². The summed E-state index contributed by atoms with van der Waals surface area (Å²) in [7, 11) is 1.90. The van der Waals surface area contributed by atoms with E-state index >= 15 is 0 Å². The molecule has 5 nitrogen and oxygen atoms in total. The largest absolute Gasteiger partial charge is 0.453 e. The molecule has 3 rings (SSSR count). The SMILES string of the molecule is C=CC(=O)Nc1cnc2c(c1)c(C#Cc1ccc(C)o1)cn2C. The number of carbonyl (C=O) groups excluding carboxylic acids is 1. The normalized spacial score (nSPS) is 10.2. The third-order valence-corrected chi connectivity index (χ3v) is 3.33. The van der Waals surface area contributed by atoms with Crippen molar-refractivity contribution in [2.75, 3.05) is 5.32 Å². The van der Waals surface area contributed by atoms with Crippen molar-refractivity contribution in [2.45, 2.75) is 6.92 Å². The lowest BCUT2D eigenvalue weighted by Gasteiger charge is -2.02. The number of aromatic nitrogens is 2. The zero-order chi connectivity index (χ0) is 16.4. The summed E-state index contributed by atoms with van der Waals surface area (Å²) in [5.74, 6) is 7.25. The summed E-state index contributed by atoms with van der Waals surface area (Å²) >= 11 is 0. The van der Waals surface area contributed by atoms with Gasteiger partial charge in [0.15, 0.2) is 5.76 Å². The van der Waals surface area contributed by atoms with E-state index < -0.39 is 0 Å². The first-order chi connectivity index (χ1) is 11.1. The fraction of sp³-hybridized carbons (Fsp3) is 0.111. The minimum absolute atomic E-state index is 0.277. The van der Waals surface area contributed by atoms with E-state index in [0.29, 0.717) is 11.4 Å². The van der Waals surface area contributed by atoms with Gasteiger partial charge in [-0.2, -0.15) is 0 Å². The fourth-order valence-electron chi connectivity index (χ4n) is 2.25. The molecule has 0 saturated carbocycles. The number of anilines is 1. The van der Waals surface area contributed by atoms with Gasteiger partial charge in [-0.1, -0.05) is 12.5 Å². The Bertz CT molecular complexity index is 967. The molecule has 0 radical (unpaired) electrons. The highest BCUT2D eigenvalue weighted by molar-refractivity contribution is 6.00. The number of carbonyl (C=O) groups is 1. The zero-order valence-electron chi connectivity index (χ0n) is 12.9. The topological polar surface area (TPSA) is 60.1 Å². The molecular formula is C18H15N3O2. The van der Waals surface area contributed by atoms with Gasteiger partial charge in [0, 0.05) is 18.6 Å². The number of fused-ring (bicyclic) bond motifs is 1. The first-order valence-electron chi connectivity index (χ1n) is 7.04. The van der Waals surface area contributed by atoms with Crippen LogP contribution in [0.25, 0.3) is 11.0 Å². The van der Waals surface area contributed by atoms with Gasteiger partial charge in [-0.15, -0.1) is 0 Å². The first-order valence-corrected chi connectivity index (χ1v) is 7.04. The minimum Gasteiger partial charge on any atom is -0.453 e. The number of hydrogen-bond donors (Lipinski definition) is 1. The number of amides is 1. The van der Waals surface area contributed by atoms with E-state index in [2.05, 4.69) is 28.7 Å². The molecule has 1 amide bonds. The third kappa shape index (κ3) is 3.01. The van der Waals surface area contributed by atoms with Crippen molar-refractivity contribution >= 4 is 22.6 Å². The van der Waals surface area contributed by atoms with Gasteiger partial charge in [-0.05, 0) is 37.1 Å². The van der Waals surface area contributed by atoms with Crippen molar-refractivity contribution in [3.05, 3.63) is 60.3 Å². The predicted octanol–water partition coefficient (Wildman–Crippen LogP) is 3.00. The number of pyridine rings is 1. The summed E-state index contributed by atoms with van der Waals surface area (Å²) in [6.07, 6.45) is 4.73. The molecule has 0 aromatic carbocycles. The Morgan fingerprint density at radius 1 is 1.43 bits per heavy atom. The van der Waals surface area contributed by atoms with Crippen molar-refractivity contribution in [1.29, 1.82) is 0 Å². The van der Waals surface area contributed by atoms with Crippen LogP contribution in [-0.4, -0.2) is 15.5 Å². The van der Waals surface area contributed by atoms with Crippen LogP contribution in [0.1, 0.15) is 17.1 Å². The van der Waals surface area contributed by atoms with Crippen LogP contribution in [0.2, 0.25) is 0 Å². The van der Waals surface area contributed by atoms with Crippen molar-refractivity contribution in [3.8, 4) is 11.8 Å². The summed E-state index contributed by atoms with van der Waals surface area (Å²) in [4.78, 5) is 15.8. The molecule has 3 aromatic heterocycles. The number of furan rings is 1. The lowest BCUT2D eigenvalue weighted by atomic mass is 10.2. The van der Waals surface area contributed by atoms with E-state index in [1.165, 1.54) is 6.08 Å². The van der Waals surface area contributed by atoms with Gasteiger partial charge in [-0.25, -0.2) is 4.98 Å². The van der Waals surface area contributed by atoms with Crippen LogP contribution in [0.5, 0.6) is 0 Å². The second-order valence-corrected chi connectivity index (χ2v) is 5.10. The van der Waals surface area contributed by atoms with E-state index in [9.17, 15) is 4.79 Å². The maximum atomic E-state index is 11.4. The lowest BCUT2D eigenvalue weighted by molar-refractivity contribution is -0.111. The molecular weight excluding hydrogens is 290 g/mol. The van der Waals surface area contributed by atoms with Gasteiger partial charge in [0.25, 0.3) is 0 Å². The Morgan fingerprint density at radius 2 is 2.26 bits per heavy atom. The van der Waals surface area contributed by atoms with Crippen LogP contribution in [0.15, 0.2) is 47.7 Å². The molecule has 0 aliphatic carbocycles. The molecule has 0 saturated heterocycles. The Labute approximate surface area is 133 Å². The van der Waals surface area contributed by atoms with Crippen LogP contribution < -0.4 is 5.32 Å². The van der Waals surface area contributed by atoms with Crippen molar-refractivity contribution in [3.63, 3.8) is 0 Å². The molecule has 23 heavy (non-hydrogen) atoms. The molecule has 0 aliphatic heterocycles. The Kier molecular flexibility index (Phi) is 3.73. The average Bonchev–Trinajstić information content (AvgIpc) is 3.09. The number of rotatable bonds is 2. The molecule has 3 aromatic rings. The number of hydrogen-bond acceptors (Lipinski definition) is 3. The van der Waals surface area contributed by atoms with Crippen LogP contribution in [-0.2, 0) is 11.8 Å². The maximum Gasteiger partial charge on any atom is 0.247 e. The first kappa shape index (κ1) is 14.7. The number of nitrogens with zero attached hydrogens (tertiary/aromatic N) is 2. The summed E-state index contributed by atoms with van der Waals surface area (Å²) in [5.41, 5.74) is 2.21. The summed E-state index contributed by atoms with van der Waals surface area (Å²) in [5, 5.41) is 3.57. The number of nitrogens with one attached hydrogen (secondary N) is 1. The Balaban J connectivity index is 2.03. The summed E-state index contributed by atoms with van der Waals surface area (Å²) in [6.45, 7) is 5.31. The van der Waals surface area contributed by atoms with E-state index in [1.807, 2.05) is 42.9 Å². The molecule has 5 heteroatoms. The van der Waals surface area contributed by atoms with E-state index in [0.717, 1.165) is 22.4 Å². The van der Waals surface area contributed by atoms with E-state index in [1.54, 1.807) is 6.20 Å². The summed E-state index contributed by atoms with van der Waals surface area (Å²) in [6, 6.07) is 5.56. The standard InChI is InChI=1S/C18H15N3O2/c1-4-17(22)20-14-9-16-13(11-21(3)18(16)19-10-14)6-8-15-7-5-12(2)23-15/h4-5,7,9-11H,1H2,2-3H3,(H,20,22). The highest BCUT2D eigenvalue weighted by Crippen LogP contribution is 2.21. The monoisotopic (exact) mass is 305 g/mol. The highest BCUT2D eigenvalue weighted by Gasteiger charge is 2.08. The van der Waals surface area contributed by atoms with Crippen LogP contribution in [0.4, 0.5) is 5.69 Å². The van der Waals surface area contributed by atoms with Gasteiger partial charge in [0.1, 0.15) is 11.4 Å². The lowest BCUT2D eigenvalue weighted by Crippen LogP contribution is -2.07. The van der Waals surface area contributed by atoms with Gasteiger partial charge >= 0.3 is 0 Å². The second kappa shape index (κ2) is 5.85. The van der Waals surface area contributed by atoms with Gasteiger partial charge in [0.2, 0.25) is 5.91 Å². The molecule has 0 aliphatic rings. The minimum atomic E-state index is -0.277. The Hall–Kier alpha value is -3.26. The van der Waals surface area contributed by atoms with Crippen molar-refractivity contribution in [2.24, 2.45) is 7.05 Å². The zero-order valence-corrected chi connectivity index (χ0v) is 12.9. The van der Waals surface area contributed by atoms with Crippen molar-refractivity contribution < 1.29 is 9.21 Å². The van der Waals surface area contributed by atoms with Crippen LogP contribution in [0, 0.1) is 18.8 Å². The third-order valence-electron chi connectivity index (χ3n) is 3.33. The predicted molar refractivity (Wildman–Crippen MR) is 89.0 cm³/mol. The van der Waals surface area contributed by atoms with Crippen molar-refractivity contribution in [1.82, 2.24) is 9.55 Å². The second-order valence-electron chi connectivity index (χ2n) is 5.10. The fourth-order valence-corrected chi connectivity index (χ4v) is 2.25. The Morgan fingerprint density at radius 3 is 2.96 bits per heavy atom. The maximum absolute atomic E-state index is 11.4. The molecule has 3 heterocycles. The van der Waals surface area contributed by atoms with Gasteiger partial charge in [0.05, 0.1) is 17.4 Å². The van der Waals surface area contributed by atoms with E-state index in [4.69, 9.17) is 4.42 Å². The quantitative estimate of drug-likeness (QED) is 0.585. The summed E-state index contributed by atoms with van der Waals surface area (Å²) < 4.78 is 7.35. The van der Waals surface area contributed by atoms with Crippen LogP contribution >= 0.6 is 0 Å². The molecule has 0 fully saturated rings. The highest BCUT2D eigenvalue weighted by atomic mass is 16.3. The number of aryl methyl sites for hydroxylation is 2. The molecule has 0 spiro atoms. The molecule has 0 bridgehead atoms. The molecule has 0 unspecified atom stereocenters. The molecule has 0 atom stereocenters. The van der Waals surface area contributed by atoms with Gasteiger partial charge in [-0.3, -0.25) is 4.79 Å². The smallest absolute Gasteiger partial charge is 0.247 e. The van der Waals surface area contributed by atoms with Crippen LogP contribution in [0.3, 0.4) is 0 Å². The van der Waals surface area contributed by atoms with Gasteiger partial charge < -0.3 is 14.3 Å².